The molecule has 31 heavy (non-hydrogen) atoms. The molecule has 0 unspecified atom stereocenters. The van der Waals surface area contributed by atoms with Crippen LogP contribution in [0.25, 0.3) is 16.6 Å². The number of nitrogens with two attached hydrogens (primary N) is 1. The zero-order valence-corrected chi connectivity index (χ0v) is 17.0. The molecule has 3 N–H and O–H groups in total. The number of ether oxygens (including phenoxy) is 1. The van der Waals surface area contributed by atoms with Gasteiger partial charge < -0.3 is 20.7 Å². The lowest BCUT2D eigenvalue weighted by atomic mass is 10.1. The number of fused-ring (bicyclic) bond motifs is 1. The van der Waals surface area contributed by atoms with Gasteiger partial charge >= 0.3 is 0 Å². The Morgan fingerprint density at radius 1 is 0.935 bits per heavy atom. The Balaban J connectivity index is 1.32. The quantitative estimate of drug-likeness (QED) is 0.499. The van der Waals surface area contributed by atoms with Gasteiger partial charge in [-0.2, -0.15) is 5.10 Å². The summed E-state index contributed by atoms with van der Waals surface area (Å²) in [5.74, 6) is -0.140. The molecule has 1 saturated heterocycles. The van der Waals surface area contributed by atoms with Gasteiger partial charge in [-0.05, 0) is 66.7 Å². The number of anilines is 3. The maximum absolute atomic E-state index is 12.7. The molecular formula is C24H23N5O2. The van der Waals surface area contributed by atoms with Crippen molar-refractivity contribution >= 4 is 33.9 Å². The van der Waals surface area contributed by atoms with Gasteiger partial charge in [0.1, 0.15) is 0 Å². The molecule has 4 aromatic rings. The van der Waals surface area contributed by atoms with Crippen LogP contribution in [0.4, 0.5) is 17.1 Å². The molecule has 0 saturated carbocycles. The first kappa shape index (κ1) is 19.1. The predicted molar refractivity (Wildman–Crippen MR) is 123 cm³/mol. The summed E-state index contributed by atoms with van der Waals surface area (Å²) in [6.45, 7) is 3.21. The van der Waals surface area contributed by atoms with Crippen LogP contribution >= 0.6 is 0 Å². The molecule has 7 heteroatoms. The number of rotatable bonds is 4. The average molecular weight is 413 g/mol. The van der Waals surface area contributed by atoms with Crippen molar-refractivity contribution < 1.29 is 9.53 Å². The summed E-state index contributed by atoms with van der Waals surface area (Å²) in [7, 11) is 0. The Bertz CT molecular complexity index is 1210. The first-order valence-corrected chi connectivity index (χ1v) is 10.3. The Hall–Kier alpha value is -3.84. The van der Waals surface area contributed by atoms with E-state index < -0.39 is 0 Å². The Labute approximate surface area is 180 Å². The maximum Gasteiger partial charge on any atom is 0.255 e. The molecule has 7 nitrogen and oxygen atoms in total. The van der Waals surface area contributed by atoms with Crippen molar-refractivity contribution in [2.24, 2.45) is 0 Å². The van der Waals surface area contributed by atoms with Crippen LogP contribution in [0.5, 0.6) is 0 Å². The average Bonchev–Trinajstić information content (AvgIpc) is 3.23. The van der Waals surface area contributed by atoms with Crippen LogP contribution < -0.4 is 16.0 Å². The lowest BCUT2D eigenvalue weighted by Crippen LogP contribution is -2.36. The molecule has 1 amide bonds. The van der Waals surface area contributed by atoms with Crippen molar-refractivity contribution in [3.8, 4) is 5.69 Å². The topological polar surface area (TPSA) is 85.4 Å². The number of nitrogens with zero attached hydrogens (tertiary/aromatic N) is 3. The molecule has 0 atom stereocenters. The molecule has 0 radical (unpaired) electrons. The van der Waals surface area contributed by atoms with Crippen molar-refractivity contribution in [1.29, 1.82) is 0 Å². The SMILES string of the molecule is Nc1ccc(-n2ncc3cc(NC(=O)c4ccc(N5CCOCC5)cc4)ccc32)cc1. The van der Waals surface area contributed by atoms with Crippen LogP contribution in [0.2, 0.25) is 0 Å². The summed E-state index contributed by atoms with van der Waals surface area (Å²) in [5, 5.41) is 8.40. The first-order valence-electron chi connectivity index (χ1n) is 10.3. The standard InChI is InChI=1S/C24H23N5O2/c25-19-3-8-22(9-4-19)29-23-10-5-20(15-18(23)16-26-29)27-24(30)17-1-6-21(7-2-17)28-11-13-31-14-12-28/h1-10,15-16H,11-14,25H2,(H,27,30). The van der Waals surface area contributed by atoms with Crippen LogP contribution in [0.1, 0.15) is 10.4 Å². The van der Waals surface area contributed by atoms with E-state index in [0.29, 0.717) is 11.3 Å². The van der Waals surface area contributed by atoms with Gasteiger partial charge in [0.15, 0.2) is 0 Å². The molecule has 2 heterocycles. The van der Waals surface area contributed by atoms with Gasteiger partial charge in [0.05, 0.1) is 30.6 Å². The third kappa shape index (κ3) is 3.95. The molecule has 1 aromatic heterocycles. The fourth-order valence-corrected chi connectivity index (χ4v) is 3.78. The number of nitrogen functional groups attached to an aromatic ring is 1. The minimum Gasteiger partial charge on any atom is -0.399 e. The summed E-state index contributed by atoms with van der Waals surface area (Å²) < 4.78 is 7.25. The van der Waals surface area contributed by atoms with E-state index in [2.05, 4.69) is 15.3 Å². The van der Waals surface area contributed by atoms with E-state index in [0.717, 1.165) is 54.3 Å². The van der Waals surface area contributed by atoms with Crippen LogP contribution in [0, 0.1) is 0 Å². The number of amides is 1. The molecule has 1 fully saturated rings. The number of carbonyl (C=O) groups is 1. The summed E-state index contributed by atoms with van der Waals surface area (Å²) in [6.07, 6.45) is 1.79. The second kappa shape index (κ2) is 8.12. The fraction of sp³-hybridized carbons (Fsp3) is 0.167. The van der Waals surface area contributed by atoms with E-state index in [1.807, 2.05) is 71.4 Å². The Kier molecular flexibility index (Phi) is 5.01. The van der Waals surface area contributed by atoms with Crippen molar-refractivity contribution in [3.63, 3.8) is 0 Å². The Morgan fingerprint density at radius 3 is 2.39 bits per heavy atom. The number of benzene rings is 3. The first-order chi connectivity index (χ1) is 15.2. The normalized spacial score (nSPS) is 14.0. The molecule has 1 aliphatic heterocycles. The molecular weight excluding hydrogens is 390 g/mol. The van der Waals surface area contributed by atoms with Crippen LogP contribution in [-0.2, 0) is 4.74 Å². The van der Waals surface area contributed by atoms with Crippen LogP contribution in [-0.4, -0.2) is 42.0 Å². The minimum absolute atomic E-state index is 0.140. The molecule has 1 aliphatic rings. The van der Waals surface area contributed by atoms with Crippen molar-refractivity contribution in [3.05, 3.63) is 78.5 Å². The number of hydrogen-bond acceptors (Lipinski definition) is 5. The highest BCUT2D eigenvalue weighted by Gasteiger charge is 2.13. The number of morpholine rings is 1. The van der Waals surface area contributed by atoms with Crippen molar-refractivity contribution in [2.75, 3.05) is 42.3 Å². The molecule has 156 valence electrons. The smallest absolute Gasteiger partial charge is 0.255 e. The second-order valence-electron chi connectivity index (χ2n) is 7.52. The monoisotopic (exact) mass is 413 g/mol. The molecule has 3 aromatic carbocycles. The number of carbonyl (C=O) groups excluding carboxylic acids is 1. The van der Waals surface area contributed by atoms with Gasteiger partial charge in [0.25, 0.3) is 5.91 Å². The summed E-state index contributed by atoms with van der Waals surface area (Å²) in [5.41, 5.74) is 10.8. The summed E-state index contributed by atoms with van der Waals surface area (Å²) in [4.78, 5) is 15.0. The Morgan fingerprint density at radius 2 is 1.65 bits per heavy atom. The van der Waals surface area contributed by atoms with E-state index in [4.69, 9.17) is 10.5 Å². The highest BCUT2D eigenvalue weighted by Crippen LogP contribution is 2.23. The second-order valence-corrected chi connectivity index (χ2v) is 7.52. The highest BCUT2D eigenvalue weighted by atomic mass is 16.5. The predicted octanol–water partition coefficient (Wildman–Crippen LogP) is 3.70. The van der Waals surface area contributed by atoms with Gasteiger partial charge in [0.2, 0.25) is 0 Å². The lowest BCUT2D eigenvalue weighted by Gasteiger charge is -2.28. The number of aromatic nitrogens is 2. The molecule has 0 bridgehead atoms. The van der Waals surface area contributed by atoms with Gasteiger partial charge in [0, 0.05) is 41.1 Å². The third-order valence-corrected chi connectivity index (χ3v) is 5.47. The largest absolute Gasteiger partial charge is 0.399 e. The summed E-state index contributed by atoms with van der Waals surface area (Å²) in [6, 6.07) is 21.0. The van der Waals surface area contributed by atoms with Gasteiger partial charge in [-0.25, -0.2) is 4.68 Å². The molecule has 0 aliphatic carbocycles. The van der Waals surface area contributed by atoms with Gasteiger partial charge in [-0.1, -0.05) is 0 Å². The fourth-order valence-electron chi connectivity index (χ4n) is 3.78. The van der Waals surface area contributed by atoms with Gasteiger partial charge in [-0.3, -0.25) is 4.79 Å². The number of nitrogens with one attached hydrogen (secondary N) is 1. The van der Waals surface area contributed by atoms with E-state index >= 15 is 0 Å². The van der Waals surface area contributed by atoms with Gasteiger partial charge in [-0.15, -0.1) is 0 Å². The van der Waals surface area contributed by atoms with Crippen molar-refractivity contribution in [2.45, 2.75) is 0 Å². The maximum atomic E-state index is 12.7. The van der Waals surface area contributed by atoms with Crippen LogP contribution in [0.15, 0.2) is 72.9 Å². The van der Waals surface area contributed by atoms with Crippen LogP contribution in [0.3, 0.4) is 0 Å². The van der Waals surface area contributed by atoms with Crippen molar-refractivity contribution in [1.82, 2.24) is 9.78 Å². The van der Waals surface area contributed by atoms with E-state index in [1.165, 1.54) is 0 Å². The van der Waals surface area contributed by atoms with E-state index in [1.54, 1.807) is 6.20 Å². The van der Waals surface area contributed by atoms with E-state index in [9.17, 15) is 4.79 Å². The minimum atomic E-state index is -0.140. The third-order valence-electron chi connectivity index (χ3n) is 5.47. The van der Waals surface area contributed by atoms with E-state index in [-0.39, 0.29) is 5.91 Å². The lowest BCUT2D eigenvalue weighted by molar-refractivity contribution is 0.102. The zero-order chi connectivity index (χ0) is 21.2. The molecule has 0 spiro atoms. The highest BCUT2D eigenvalue weighted by molar-refractivity contribution is 6.05. The molecule has 5 rings (SSSR count). The number of hydrogen-bond donors (Lipinski definition) is 2. The zero-order valence-electron chi connectivity index (χ0n) is 17.0. The summed E-state index contributed by atoms with van der Waals surface area (Å²) >= 11 is 0.